The Morgan fingerprint density at radius 1 is 0.968 bits per heavy atom. The van der Waals surface area contributed by atoms with E-state index in [0.717, 1.165) is 12.1 Å². The SMILES string of the molecule is CC(=O)Cc1cc(-c2ccc(C(F)(F)F)cc2)cc(C2CCCC(C(F)(F)F)N2C)c1. The fraction of sp³-hybridized carbons (Fsp3) is 0.435. The summed E-state index contributed by atoms with van der Waals surface area (Å²) in [6, 6.07) is 7.71. The van der Waals surface area contributed by atoms with Crippen molar-refractivity contribution in [3.8, 4) is 11.1 Å². The standard InChI is InChI=1S/C23H23F6NO/c1-14(31)10-15-11-17(16-6-8-19(9-7-16)22(24,25)26)13-18(12-15)20-4-3-5-21(30(20)2)23(27,28)29/h6-9,11-13,20-21H,3-5,10H2,1-2H3. The van der Waals surface area contributed by atoms with Crippen molar-refractivity contribution in [3.63, 3.8) is 0 Å². The van der Waals surface area contributed by atoms with Crippen molar-refractivity contribution >= 4 is 5.78 Å². The number of hydrogen-bond acceptors (Lipinski definition) is 2. The van der Waals surface area contributed by atoms with Crippen LogP contribution >= 0.6 is 0 Å². The zero-order chi connectivity index (χ0) is 23.0. The number of alkyl halides is 6. The summed E-state index contributed by atoms with van der Waals surface area (Å²) in [5, 5.41) is 0. The maximum absolute atomic E-state index is 13.4. The van der Waals surface area contributed by atoms with Crippen LogP contribution in [0.5, 0.6) is 0 Å². The molecule has 1 saturated heterocycles. The number of ketones is 1. The Labute approximate surface area is 176 Å². The molecule has 2 unspecified atom stereocenters. The Bertz CT molecular complexity index is 933. The van der Waals surface area contributed by atoms with Crippen LogP contribution in [0.3, 0.4) is 0 Å². The molecule has 8 heteroatoms. The Hall–Kier alpha value is -2.35. The summed E-state index contributed by atoms with van der Waals surface area (Å²) in [4.78, 5) is 13.0. The van der Waals surface area contributed by atoms with Gasteiger partial charge in [0.2, 0.25) is 0 Å². The molecule has 1 aliphatic rings. The lowest BCUT2D eigenvalue weighted by Gasteiger charge is -2.40. The highest BCUT2D eigenvalue weighted by Gasteiger charge is 2.46. The predicted octanol–water partition coefficient (Wildman–Crippen LogP) is 6.59. The quantitative estimate of drug-likeness (QED) is 0.497. The molecular formula is C23H23F6NO. The van der Waals surface area contributed by atoms with Gasteiger partial charge in [-0.25, -0.2) is 0 Å². The summed E-state index contributed by atoms with van der Waals surface area (Å²) in [7, 11) is 1.44. The molecule has 2 aromatic carbocycles. The molecule has 168 valence electrons. The molecule has 0 saturated carbocycles. The van der Waals surface area contributed by atoms with Gasteiger partial charge in [-0.1, -0.05) is 24.3 Å². The first-order valence-corrected chi connectivity index (χ1v) is 9.96. The molecule has 0 aromatic heterocycles. The molecule has 1 heterocycles. The smallest absolute Gasteiger partial charge is 0.300 e. The largest absolute Gasteiger partial charge is 0.416 e. The van der Waals surface area contributed by atoms with Gasteiger partial charge < -0.3 is 0 Å². The number of hydrogen-bond donors (Lipinski definition) is 0. The minimum atomic E-state index is -4.46. The van der Waals surface area contributed by atoms with E-state index in [-0.39, 0.29) is 18.6 Å². The van der Waals surface area contributed by atoms with E-state index in [0.29, 0.717) is 35.1 Å². The first-order chi connectivity index (χ1) is 14.4. The predicted molar refractivity (Wildman–Crippen MR) is 105 cm³/mol. The van der Waals surface area contributed by atoms with Crippen LogP contribution in [0.15, 0.2) is 42.5 Å². The topological polar surface area (TPSA) is 20.3 Å². The van der Waals surface area contributed by atoms with Crippen LogP contribution in [0.25, 0.3) is 11.1 Å². The van der Waals surface area contributed by atoms with Gasteiger partial charge in [-0.2, -0.15) is 26.3 Å². The van der Waals surface area contributed by atoms with Crippen molar-refractivity contribution in [2.24, 2.45) is 0 Å². The first kappa shape index (κ1) is 23.3. The van der Waals surface area contributed by atoms with Crippen LogP contribution in [-0.4, -0.2) is 29.9 Å². The van der Waals surface area contributed by atoms with Gasteiger partial charge in [0.15, 0.2) is 0 Å². The second kappa shape index (κ2) is 8.65. The zero-order valence-electron chi connectivity index (χ0n) is 17.1. The molecule has 0 bridgehead atoms. The molecule has 2 nitrogen and oxygen atoms in total. The summed E-state index contributed by atoms with van der Waals surface area (Å²) < 4.78 is 78.9. The number of nitrogens with zero attached hydrogens (tertiary/aromatic N) is 1. The number of rotatable bonds is 4. The molecule has 0 N–H and O–H groups in total. The van der Waals surface area contributed by atoms with E-state index in [1.165, 1.54) is 31.0 Å². The fourth-order valence-corrected chi connectivity index (χ4v) is 4.24. The van der Waals surface area contributed by atoms with Gasteiger partial charge in [0.25, 0.3) is 0 Å². The second-order valence-corrected chi connectivity index (χ2v) is 8.09. The van der Waals surface area contributed by atoms with Crippen molar-refractivity contribution in [2.75, 3.05) is 7.05 Å². The number of halogens is 6. The first-order valence-electron chi connectivity index (χ1n) is 9.96. The van der Waals surface area contributed by atoms with Gasteiger partial charge >= 0.3 is 12.4 Å². The van der Waals surface area contributed by atoms with E-state index in [9.17, 15) is 31.1 Å². The van der Waals surface area contributed by atoms with Crippen LogP contribution in [0, 0.1) is 0 Å². The van der Waals surface area contributed by atoms with Gasteiger partial charge in [-0.05, 0) is 73.7 Å². The molecule has 31 heavy (non-hydrogen) atoms. The van der Waals surface area contributed by atoms with Gasteiger partial charge in [-0.3, -0.25) is 9.69 Å². The number of carbonyl (C=O) groups is 1. The lowest BCUT2D eigenvalue weighted by atomic mass is 9.88. The highest BCUT2D eigenvalue weighted by atomic mass is 19.4. The third-order valence-electron chi connectivity index (χ3n) is 5.71. The Kier molecular flexibility index (Phi) is 6.51. The van der Waals surface area contributed by atoms with Crippen LogP contribution in [-0.2, 0) is 17.4 Å². The zero-order valence-corrected chi connectivity index (χ0v) is 17.1. The molecule has 0 aliphatic carbocycles. The van der Waals surface area contributed by atoms with Crippen molar-refractivity contribution in [1.29, 1.82) is 0 Å². The molecular weight excluding hydrogens is 420 g/mol. The second-order valence-electron chi connectivity index (χ2n) is 8.09. The van der Waals surface area contributed by atoms with Crippen LogP contribution in [0.4, 0.5) is 26.3 Å². The highest BCUT2D eigenvalue weighted by Crippen LogP contribution is 2.41. The molecule has 2 atom stereocenters. The molecule has 0 spiro atoms. The number of piperidine rings is 1. The van der Waals surface area contributed by atoms with E-state index >= 15 is 0 Å². The summed E-state index contributed by atoms with van der Waals surface area (Å²) in [5.74, 6) is -0.110. The van der Waals surface area contributed by atoms with Crippen LogP contribution in [0.1, 0.15) is 48.9 Å². The van der Waals surface area contributed by atoms with Crippen molar-refractivity contribution in [2.45, 2.75) is 57.0 Å². The fourth-order valence-electron chi connectivity index (χ4n) is 4.24. The summed E-state index contributed by atoms with van der Waals surface area (Å²) in [5.41, 5.74) is 1.56. The van der Waals surface area contributed by atoms with E-state index in [1.54, 1.807) is 18.2 Å². The van der Waals surface area contributed by atoms with Crippen molar-refractivity contribution in [1.82, 2.24) is 4.90 Å². The third-order valence-corrected chi connectivity index (χ3v) is 5.71. The average molecular weight is 443 g/mol. The minimum absolute atomic E-state index is 0.0232. The van der Waals surface area contributed by atoms with Crippen LogP contribution < -0.4 is 0 Å². The monoisotopic (exact) mass is 443 g/mol. The Balaban J connectivity index is 2.02. The molecule has 1 aliphatic heterocycles. The number of likely N-dealkylation sites (tertiary alicyclic amines) is 1. The number of Topliss-reactive ketones (excluding diaryl/α,β-unsaturated/α-hetero) is 1. The van der Waals surface area contributed by atoms with E-state index in [1.807, 2.05) is 0 Å². The number of benzene rings is 2. The maximum Gasteiger partial charge on any atom is 0.416 e. The Morgan fingerprint density at radius 3 is 2.16 bits per heavy atom. The lowest BCUT2D eigenvalue weighted by molar-refractivity contribution is -0.194. The van der Waals surface area contributed by atoms with Gasteiger partial charge in [0.1, 0.15) is 11.8 Å². The van der Waals surface area contributed by atoms with E-state index in [4.69, 9.17) is 0 Å². The summed E-state index contributed by atoms with van der Waals surface area (Å²) in [6.07, 6.45) is -7.75. The lowest BCUT2D eigenvalue weighted by Crippen LogP contribution is -2.47. The van der Waals surface area contributed by atoms with Crippen LogP contribution in [0.2, 0.25) is 0 Å². The molecule has 3 rings (SSSR count). The minimum Gasteiger partial charge on any atom is -0.300 e. The summed E-state index contributed by atoms with van der Waals surface area (Å²) >= 11 is 0. The number of carbonyl (C=O) groups excluding carboxylic acids is 1. The van der Waals surface area contributed by atoms with Gasteiger partial charge in [0, 0.05) is 12.5 Å². The summed E-state index contributed by atoms with van der Waals surface area (Å²) in [6.45, 7) is 1.41. The third kappa shape index (κ3) is 5.47. The molecule has 0 radical (unpaired) electrons. The molecule has 0 amide bonds. The highest BCUT2D eigenvalue weighted by molar-refractivity contribution is 5.79. The maximum atomic E-state index is 13.4. The van der Waals surface area contributed by atoms with Crippen molar-refractivity contribution in [3.05, 3.63) is 59.2 Å². The average Bonchev–Trinajstić information content (AvgIpc) is 2.66. The van der Waals surface area contributed by atoms with Gasteiger partial charge in [0.05, 0.1) is 5.56 Å². The molecule has 1 fully saturated rings. The van der Waals surface area contributed by atoms with Crippen molar-refractivity contribution < 1.29 is 31.1 Å². The molecule has 2 aromatic rings. The van der Waals surface area contributed by atoms with Gasteiger partial charge in [-0.15, -0.1) is 0 Å². The van der Waals surface area contributed by atoms with E-state index < -0.39 is 30.0 Å². The van der Waals surface area contributed by atoms with E-state index in [2.05, 4.69) is 0 Å². The Morgan fingerprint density at radius 2 is 1.61 bits per heavy atom. The normalized spacial score (nSPS) is 20.6.